The molecule has 0 aromatic carbocycles. The second-order valence-electron chi connectivity index (χ2n) is 3.33. The third-order valence-corrected chi connectivity index (χ3v) is 3.38. The normalized spacial score (nSPS) is 10.2. The lowest BCUT2D eigenvalue weighted by molar-refractivity contribution is 0.0701. The molecule has 0 saturated carbocycles. The minimum absolute atomic E-state index is 0.260. The van der Waals surface area contributed by atoms with Gasteiger partial charge in [-0.25, -0.2) is 14.8 Å². The lowest BCUT2D eigenvalue weighted by Crippen LogP contribution is -1.94. The zero-order valence-corrected chi connectivity index (χ0v) is 10.1. The van der Waals surface area contributed by atoms with Crippen LogP contribution in [0, 0.1) is 6.92 Å². The molecule has 0 amide bonds. The van der Waals surface area contributed by atoms with Gasteiger partial charge >= 0.3 is 5.97 Å². The number of nitrogens with zero attached hydrogens (tertiary/aromatic N) is 2. The maximum Gasteiger partial charge on any atom is 0.347 e. The number of rotatable bonds is 3. The van der Waals surface area contributed by atoms with Crippen molar-refractivity contribution in [1.82, 2.24) is 9.97 Å². The number of aryl methyl sites for hydroxylation is 1. The molecule has 0 fully saturated rings. The maximum atomic E-state index is 10.9. The first-order valence-electron chi connectivity index (χ1n) is 4.83. The average molecular weight is 250 g/mol. The van der Waals surface area contributed by atoms with Crippen molar-refractivity contribution in [2.45, 2.75) is 6.92 Å². The predicted molar refractivity (Wildman–Crippen MR) is 63.6 cm³/mol. The number of hydrogen-bond donors (Lipinski definition) is 1. The third kappa shape index (κ3) is 2.26. The molecule has 0 saturated heterocycles. The second kappa shape index (κ2) is 4.50. The Bertz CT molecular complexity index is 548. The molecular weight excluding hydrogens is 240 g/mol. The molecule has 0 bridgehead atoms. The smallest absolute Gasteiger partial charge is 0.347 e. The fraction of sp³-hybridized carbons (Fsp3) is 0.182. The number of aromatic carboxylic acids is 1. The van der Waals surface area contributed by atoms with Crippen LogP contribution in [0.2, 0.25) is 0 Å². The van der Waals surface area contributed by atoms with E-state index in [4.69, 9.17) is 9.84 Å². The van der Waals surface area contributed by atoms with Gasteiger partial charge in [-0.05, 0) is 13.0 Å². The van der Waals surface area contributed by atoms with Gasteiger partial charge in [0.15, 0.2) is 0 Å². The van der Waals surface area contributed by atoms with Crippen LogP contribution in [0.25, 0.3) is 10.6 Å². The molecule has 2 heterocycles. The lowest BCUT2D eigenvalue weighted by atomic mass is 10.3. The van der Waals surface area contributed by atoms with Crippen molar-refractivity contribution >= 4 is 17.3 Å². The summed E-state index contributed by atoms with van der Waals surface area (Å²) in [4.78, 5) is 19.4. The van der Waals surface area contributed by atoms with Gasteiger partial charge in [0.05, 0.1) is 12.8 Å². The van der Waals surface area contributed by atoms with E-state index in [0.717, 1.165) is 16.9 Å². The van der Waals surface area contributed by atoms with Crippen LogP contribution in [0.3, 0.4) is 0 Å². The number of pyridine rings is 1. The van der Waals surface area contributed by atoms with E-state index in [9.17, 15) is 4.79 Å². The van der Waals surface area contributed by atoms with Crippen molar-refractivity contribution in [3.8, 4) is 16.5 Å². The molecule has 0 aliphatic rings. The Balaban J connectivity index is 2.39. The molecule has 0 aliphatic heterocycles. The van der Waals surface area contributed by atoms with Crippen molar-refractivity contribution in [3.63, 3.8) is 0 Å². The van der Waals surface area contributed by atoms with Crippen molar-refractivity contribution in [2.24, 2.45) is 0 Å². The minimum Gasteiger partial charge on any atom is -0.481 e. The highest BCUT2D eigenvalue weighted by Crippen LogP contribution is 2.28. The SMILES string of the molecule is COc1ccc(-c2nc(C)c(C(=O)O)s2)cn1. The van der Waals surface area contributed by atoms with Crippen LogP contribution in [-0.4, -0.2) is 28.2 Å². The van der Waals surface area contributed by atoms with Crippen molar-refractivity contribution in [2.75, 3.05) is 7.11 Å². The number of carboxylic acids is 1. The summed E-state index contributed by atoms with van der Waals surface area (Å²) in [6, 6.07) is 3.52. The number of methoxy groups -OCH3 is 1. The molecule has 1 N–H and O–H groups in total. The summed E-state index contributed by atoms with van der Waals surface area (Å²) in [5, 5.41) is 9.59. The summed E-state index contributed by atoms with van der Waals surface area (Å²) < 4.78 is 4.95. The molecule has 0 radical (unpaired) electrons. The number of thiazole rings is 1. The van der Waals surface area contributed by atoms with Gasteiger partial charge in [-0.15, -0.1) is 11.3 Å². The molecular formula is C11H10N2O3S. The Morgan fingerprint density at radius 3 is 2.71 bits per heavy atom. The number of hydrogen-bond acceptors (Lipinski definition) is 5. The van der Waals surface area contributed by atoms with Gasteiger partial charge in [0.2, 0.25) is 5.88 Å². The molecule has 2 rings (SSSR count). The van der Waals surface area contributed by atoms with Gasteiger partial charge in [0, 0.05) is 17.8 Å². The molecule has 0 spiro atoms. The van der Waals surface area contributed by atoms with E-state index in [0.29, 0.717) is 16.6 Å². The quantitative estimate of drug-likeness (QED) is 0.904. The van der Waals surface area contributed by atoms with Crippen LogP contribution < -0.4 is 4.74 Å². The highest BCUT2D eigenvalue weighted by Gasteiger charge is 2.15. The summed E-state index contributed by atoms with van der Waals surface area (Å²) >= 11 is 1.14. The monoisotopic (exact) mass is 250 g/mol. The second-order valence-corrected chi connectivity index (χ2v) is 4.33. The van der Waals surface area contributed by atoms with Crippen LogP contribution in [0.4, 0.5) is 0 Å². The van der Waals surface area contributed by atoms with Crippen LogP contribution in [-0.2, 0) is 0 Å². The molecule has 5 nitrogen and oxygen atoms in total. The van der Waals surface area contributed by atoms with E-state index in [1.807, 2.05) is 0 Å². The Morgan fingerprint density at radius 1 is 1.47 bits per heavy atom. The first kappa shape index (κ1) is 11.5. The van der Waals surface area contributed by atoms with Crippen LogP contribution in [0.5, 0.6) is 5.88 Å². The average Bonchev–Trinajstić information content (AvgIpc) is 2.71. The number of carbonyl (C=O) groups is 1. The van der Waals surface area contributed by atoms with E-state index in [-0.39, 0.29) is 4.88 Å². The summed E-state index contributed by atoms with van der Waals surface area (Å²) in [6.45, 7) is 1.68. The molecule has 0 unspecified atom stereocenters. The van der Waals surface area contributed by atoms with Crippen molar-refractivity contribution in [3.05, 3.63) is 28.9 Å². The number of ether oxygens (including phenoxy) is 1. The fourth-order valence-electron chi connectivity index (χ4n) is 1.35. The highest BCUT2D eigenvalue weighted by atomic mass is 32.1. The Morgan fingerprint density at radius 2 is 2.24 bits per heavy atom. The summed E-state index contributed by atoms with van der Waals surface area (Å²) in [5.41, 5.74) is 1.31. The summed E-state index contributed by atoms with van der Waals surface area (Å²) in [5.74, 6) is -0.437. The Labute approximate surface area is 102 Å². The van der Waals surface area contributed by atoms with Gasteiger partial charge < -0.3 is 9.84 Å². The Hall–Kier alpha value is -1.95. The molecule has 88 valence electrons. The van der Waals surface area contributed by atoms with Crippen molar-refractivity contribution in [1.29, 1.82) is 0 Å². The topological polar surface area (TPSA) is 72.3 Å². The maximum absolute atomic E-state index is 10.9. The van der Waals surface area contributed by atoms with Gasteiger partial charge in [0.25, 0.3) is 0 Å². The zero-order chi connectivity index (χ0) is 12.4. The molecule has 17 heavy (non-hydrogen) atoms. The third-order valence-electron chi connectivity index (χ3n) is 2.18. The first-order valence-corrected chi connectivity index (χ1v) is 5.64. The van der Waals surface area contributed by atoms with E-state index in [2.05, 4.69) is 9.97 Å². The zero-order valence-electron chi connectivity index (χ0n) is 9.30. The van der Waals surface area contributed by atoms with E-state index < -0.39 is 5.97 Å². The standard InChI is InChI=1S/C11H10N2O3S/c1-6-9(11(14)15)17-10(13-6)7-3-4-8(16-2)12-5-7/h3-5H,1-2H3,(H,14,15). The van der Waals surface area contributed by atoms with Crippen molar-refractivity contribution < 1.29 is 14.6 Å². The summed E-state index contributed by atoms with van der Waals surface area (Å²) in [6.07, 6.45) is 1.61. The van der Waals surface area contributed by atoms with E-state index in [1.54, 1.807) is 25.3 Å². The van der Waals surface area contributed by atoms with Crippen LogP contribution in [0.15, 0.2) is 18.3 Å². The Kier molecular flexibility index (Phi) is 3.06. The highest BCUT2D eigenvalue weighted by molar-refractivity contribution is 7.17. The van der Waals surface area contributed by atoms with Crippen LogP contribution in [0.1, 0.15) is 15.4 Å². The van der Waals surface area contributed by atoms with E-state index >= 15 is 0 Å². The first-order chi connectivity index (χ1) is 8.11. The molecule has 6 heteroatoms. The van der Waals surface area contributed by atoms with Gasteiger partial charge in [-0.1, -0.05) is 0 Å². The van der Waals surface area contributed by atoms with Gasteiger partial charge in [0.1, 0.15) is 9.88 Å². The largest absolute Gasteiger partial charge is 0.481 e. The molecule has 2 aromatic rings. The predicted octanol–water partition coefficient (Wildman–Crippen LogP) is 2.22. The molecule has 2 aromatic heterocycles. The van der Waals surface area contributed by atoms with Gasteiger partial charge in [-0.3, -0.25) is 0 Å². The fourth-order valence-corrected chi connectivity index (χ4v) is 2.24. The number of carboxylic acid groups (broad SMARTS) is 1. The summed E-state index contributed by atoms with van der Waals surface area (Å²) in [7, 11) is 1.54. The lowest BCUT2D eigenvalue weighted by Gasteiger charge is -1.98. The van der Waals surface area contributed by atoms with Gasteiger partial charge in [-0.2, -0.15) is 0 Å². The van der Waals surface area contributed by atoms with Crippen LogP contribution >= 0.6 is 11.3 Å². The minimum atomic E-state index is -0.951. The molecule has 0 atom stereocenters. The number of aromatic nitrogens is 2. The van der Waals surface area contributed by atoms with E-state index in [1.165, 1.54) is 7.11 Å². The molecule has 0 aliphatic carbocycles.